The van der Waals surface area contributed by atoms with Crippen molar-refractivity contribution >= 4 is 11.6 Å². The summed E-state index contributed by atoms with van der Waals surface area (Å²) in [5, 5.41) is 10.0. The number of H-pyrrole nitrogens is 1. The van der Waals surface area contributed by atoms with Crippen LogP contribution < -0.4 is 15.8 Å². The monoisotopic (exact) mass is 272 g/mol. The summed E-state index contributed by atoms with van der Waals surface area (Å²) in [6.45, 7) is 2.30. The van der Waals surface area contributed by atoms with E-state index >= 15 is 0 Å². The summed E-state index contributed by atoms with van der Waals surface area (Å²) >= 11 is 0. The number of ether oxygens (including phenoxy) is 1. The summed E-state index contributed by atoms with van der Waals surface area (Å²) < 4.78 is 5.52. The molecular weight excluding hydrogens is 256 g/mol. The maximum atomic E-state index is 11.6. The lowest BCUT2D eigenvalue weighted by Crippen LogP contribution is -2.34. The van der Waals surface area contributed by atoms with Crippen molar-refractivity contribution in [2.75, 3.05) is 11.9 Å². The fraction of sp³-hybridized carbons (Fsp3) is 0.286. The van der Waals surface area contributed by atoms with Crippen LogP contribution in [0.3, 0.4) is 0 Å². The first-order chi connectivity index (χ1) is 9.67. The van der Waals surface area contributed by atoms with E-state index in [9.17, 15) is 4.79 Å². The maximum absolute atomic E-state index is 11.6. The number of anilines is 1. The molecule has 0 spiro atoms. The maximum Gasteiger partial charge on any atom is 0.265 e. The zero-order chi connectivity index (χ0) is 14.1. The molecule has 1 aliphatic heterocycles. The fourth-order valence-corrected chi connectivity index (χ4v) is 2.16. The molecule has 1 unspecified atom stereocenters. The van der Waals surface area contributed by atoms with Gasteiger partial charge in [-0.3, -0.25) is 9.89 Å². The van der Waals surface area contributed by atoms with Gasteiger partial charge in [-0.15, -0.1) is 0 Å². The lowest BCUT2D eigenvalue weighted by molar-refractivity contribution is -0.122. The molecule has 0 bridgehead atoms. The molecule has 20 heavy (non-hydrogen) atoms. The first kappa shape index (κ1) is 12.7. The van der Waals surface area contributed by atoms with Crippen LogP contribution in [0.25, 0.3) is 11.3 Å². The van der Waals surface area contributed by atoms with Crippen molar-refractivity contribution in [1.29, 1.82) is 0 Å². The summed E-state index contributed by atoms with van der Waals surface area (Å²) in [7, 11) is 0. The normalized spacial score (nSPS) is 17.3. The predicted molar refractivity (Wildman–Crippen MR) is 75.5 cm³/mol. The molecule has 3 rings (SSSR count). The molecule has 2 aromatic rings. The van der Waals surface area contributed by atoms with E-state index in [0.717, 1.165) is 23.4 Å². The molecule has 6 nitrogen and oxygen atoms in total. The first-order valence-electron chi connectivity index (χ1n) is 6.53. The Balaban J connectivity index is 1.91. The summed E-state index contributed by atoms with van der Waals surface area (Å²) in [6, 6.07) is 7.59. The number of hydrogen-bond donors (Lipinski definition) is 3. The molecule has 4 N–H and O–H groups in total. The van der Waals surface area contributed by atoms with Crippen LogP contribution in [0, 0.1) is 0 Å². The average molecular weight is 272 g/mol. The number of rotatable bonds is 3. The number of aromatic amines is 1. The van der Waals surface area contributed by atoms with Crippen molar-refractivity contribution in [3.05, 3.63) is 30.0 Å². The molecule has 1 atom stereocenters. The van der Waals surface area contributed by atoms with E-state index in [0.29, 0.717) is 18.0 Å². The molecule has 0 saturated carbocycles. The van der Waals surface area contributed by atoms with E-state index in [1.54, 1.807) is 6.92 Å². The van der Waals surface area contributed by atoms with Gasteiger partial charge in [-0.25, -0.2) is 0 Å². The smallest absolute Gasteiger partial charge is 0.265 e. The summed E-state index contributed by atoms with van der Waals surface area (Å²) in [5.74, 6) is 0.541. The molecular formula is C14H16N4O2. The third-order valence-electron chi connectivity index (χ3n) is 3.25. The van der Waals surface area contributed by atoms with Gasteiger partial charge in [0.05, 0.1) is 11.4 Å². The highest BCUT2D eigenvalue weighted by Gasteiger charge is 2.23. The third-order valence-corrected chi connectivity index (χ3v) is 3.25. The Morgan fingerprint density at radius 3 is 3.05 bits per heavy atom. The van der Waals surface area contributed by atoms with Crippen LogP contribution >= 0.6 is 0 Å². The first-order valence-corrected chi connectivity index (χ1v) is 6.53. The molecule has 1 aromatic heterocycles. The van der Waals surface area contributed by atoms with Gasteiger partial charge in [0, 0.05) is 17.7 Å². The van der Waals surface area contributed by atoms with Crippen LogP contribution in [0.1, 0.15) is 12.6 Å². The molecule has 1 aromatic carbocycles. The van der Waals surface area contributed by atoms with Crippen LogP contribution in [0.2, 0.25) is 0 Å². The number of carbonyl (C=O) groups is 1. The van der Waals surface area contributed by atoms with Gasteiger partial charge < -0.3 is 15.8 Å². The topological polar surface area (TPSA) is 93.0 Å². The lowest BCUT2D eigenvalue weighted by atomic mass is 10.1. The molecule has 1 aliphatic rings. The average Bonchev–Trinajstić information content (AvgIpc) is 2.89. The minimum absolute atomic E-state index is 0.138. The van der Waals surface area contributed by atoms with Crippen molar-refractivity contribution in [2.45, 2.75) is 19.4 Å². The molecule has 104 valence electrons. The second kappa shape index (κ2) is 4.97. The number of nitrogens with one attached hydrogen (secondary N) is 2. The van der Waals surface area contributed by atoms with Crippen LogP contribution in [0.4, 0.5) is 5.69 Å². The highest BCUT2D eigenvalue weighted by molar-refractivity contribution is 5.98. The van der Waals surface area contributed by atoms with Crippen molar-refractivity contribution in [3.63, 3.8) is 0 Å². The molecule has 0 saturated heterocycles. The number of nitrogens with two attached hydrogens (primary N) is 1. The summed E-state index contributed by atoms with van der Waals surface area (Å²) in [6.07, 6.45) is 0.296. The number of amides is 1. The number of fused-ring (bicyclic) bond motifs is 1. The Morgan fingerprint density at radius 2 is 2.25 bits per heavy atom. The second-order valence-corrected chi connectivity index (χ2v) is 4.78. The van der Waals surface area contributed by atoms with Crippen LogP contribution in [-0.2, 0) is 11.2 Å². The SMILES string of the molecule is CC1Oc2ccc(-c3cc(CCN)[nH]n3)cc2NC1=O. The Bertz CT molecular complexity index is 650. The Labute approximate surface area is 116 Å². The third kappa shape index (κ3) is 2.25. The van der Waals surface area contributed by atoms with E-state index < -0.39 is 6.10 Å². The standard InChI is InChI=1S/C14H16N4O2/c1-8-14(19)16-12-6-9(2-3-13(12)20-8)11-7-10(4-5-15)17-18-11/h2-3,6-8H,4-5,15H2,1H3,(H,16,19)(H,17,18). The largest absolute Gasteiger partial charge is 0.479 e. The van der Waals surface area contributed by atoms with Crippen LogP contribution in [-0.4, -0.2) is 28.8 Å². The Hall–Kier alpha value is -2.34. The van der Waals surface area contributed by atoms with Crippen molar-refractivity contribution in [2.24, 2.45) is 5.73 Å². The van der Waals surface area contributed by atoms with Gasteiger partial charge >= 0.3 is 0 Å². The van der Waals surface area contributed by atoms with Crippen molar-refractivity contribution < 1.29 is 9.53 Å². The van der Waals surface area contributed by atoms with Crippen molar-refractivity contribution in [3.8, 4) is 17.0 Å². The van der Waals surface area contributed by atoms with Gasteiger partial charge in [0.15, 0.2) is 6.10 Å². The molecule has 0 aliphatic carbocycles. The number of nitrogens with zero attached hydrogens (tertiary/aromatic N) is 1. The van der Waals surface area contributed by atoms with Gasteiger partial charge in [0.25, 0.3) is 5.91 Å². The molecule has 6 heteroatoms. The zero-order valence-electron chi connectivity index (χ0n) is 11.1. The van der Waals surface area contributed by atoms with Gasteiger partial charge in [0.2, 0.25) is 0 Å². The van der Waals surface area contributed by atoms with E-state index in [4.69, 9.17) is 10.5 Å². The molecule has 2 heterocycles. The summed E-state index contributed by atoms with van der Waals surface area (Å²) in [4.78, 5) is 11.6. The minimum atomic E-state index is -0.463. The van der Waals surface area contributed by atoms with E-state index in [1.807, 2.05) is 24.3 Å². The zero-order valence-corrected chi connectivity index (χ0v) is 11.1. The Morgan fingerprint density at radius 1 is 1.40 bits per heavy atom. The lowest BCUT2D eigenvalue weighted by Gasteiger charge is -2.23. The van der Waals surface area contributed by atoms with Gasteiger partial charge in [0.1, 0.15) is 5.75 Å². The van der Waals surface area contributed by atoms with Crippen molar-refractivity contribution in [1.82, 2.24) is 10.2 Å². The van der Waals surface area contributed by atoms with Crippen LogP contribution in [0.15, 0.2) is 24.3 Å². The van der Waals surface area contributed by atoms with E-state index in [1.165, 1.54) is 0 Å². The molecule has 0 radical (unpaired) electrons. The van der Waals surface area contributed by atoms with Gasteiger partial charge in [-0.2, -0.15) is 5.10 Å². The number of hydrogen-bond acceptors (Lipinski definition) is 4. The minimum Gasteiger partial charge on any atom is -0.479 e. The van der Waals surface area contributed by atoms with E-state index in [-0.39, 0.29) is 5.91 Å². The second-order valence-electron chi connectivity index (χ2n) is 4.78. The molecule has 0 fully saturated rings. The highest BCUT2D eigenvalue weighted by Crippen LogP contribution is 2.33. The van der Waals surface area contributed by atoms with E-state index in [2.05, 4.69) is 15.5 Å². The predicted octanol–water partition coefficient (Wildman–Crippen LogP) is 1.30. The molecule has 1 amide bonds. The number of benzene rings is 1. The number of carbonyl (C=O) groups excluding carboxylic acids is 1. The van der Waals surface area contributed by atoms with Crippen LogP contribution in [0.5, 0.6) is 5.75 Å². The highest BCUT2D eigenvalue weighted by atomic mass is 16.5. The Kier molecular flexibility index (Phi) is 3.15. The van der Waals surface area contributed by atoms with Gasteiger partial charge in [-0.1, -0.05) is 0 Å². The number of aromatic nitrogens is 2. The summed E-state index contributed by atoms with van der Waals surface area (Å²) in [5.41, 5.74) is 8.93. The fourth-order valence-electron chi connectivity index (χ4n) is 2.16. The quantitative estimate of drug-likeness (QED) is 0.785. The van der Waals surface area contributed by atoms with Gasteiger partial charge in [-0.05, 0) is 37.7 Å².